The van der Waals surface area contributed by atoms with Gasteiger partial charge in [0.05, 0.1) is 11.0 Å². The lowest BCUT2D eigenvalue weighted by Crippen LogP contribution is -2.50. The van der Waals surface area contributed by atoms with Crippen LogP contribution < -0.4 is 11.1 Å². The van der Waals surface area contributed by atoms with Gasteiger partial charge in [-0.15, -0.1) is 0 Å². The van der Waals surface area contributed by atoms with Crippen LogP contribution in [0.3, 0.4) is 0 Å². The summed E-state index contributed by atoms with van der Waals surface area (Å²) in [6.45, 7) is 2.09. The van der Waals surface area contributed by atoms with Gasteiger partial charge < -0.3 is 11.1 Å². The van der Waals surface area contributed by atoms with Gasteiger partial charge in [-0.05, 0) is 68.1 Å². The molecule has 4 fully saturated rings. The maximum Gasteiger partial charge on any atom is 0.221 e. The maximum atomic E-state index is 12.5. The Morgan fingerprint density at radius 2 is 1.76 bits per heavy atom. The molecule has 0 heterocycles. The van der Waals surface area contributed by atoms with Crippen molar-refractivity contribution in [1.82, 2.24) is 5.32 Å². The number of rotatable bonds is 6. The van der Waals surface area contributed by atoms with Crippen molar-refractivity contribution in [2.24, 2.45) is 28.9 Å². The molecule has 118 valence electrons. The van der Waals surface area contributed by atoms with E-state index in [1.54, 1.807) is 0 Å². The molecule has 0 spiro atoms. The van der Waals surface area contributed by atoms with Crippen molar-refractivity contribution in [3.63, 3.8) is 0 Å². The molecule has 4 bridgehead atoms. The highest BCUT2D eigenvalue weighted by molar-refractivity contribution is 7.80. The minimum absolute atomic E-state index is 0.119. The summed E-state index contributed by atoms with van der Waals surface area (Å²) in [6, 6.07) is -0.119. The predicted molar refractivity (Wildman–Crippen MR) is 88.8 cm³/mol. The molecule has 1 atom stereocenters. The summed E-state index contributed by atoms with van der Waals surface area (Å²) in [4.78, 5) is 12.9. The fourth-order valence-corrected chi connectivity index (χ4v) is 5.84. The van der Waals surface area contributed by atoms with Gasteiger partial charge in [0.15, 0.2) is 0 Å². The zero-order valence-corrected chi connectivity index (χ0v) is 13.9. The lowest BCUT2D eigenvalue weighted by atomic mass is 9.49. The molecule has 0 aromatic rings. The van der Waals surface area contributed by atoms with Crippen LogP contribution in [0.4, 0.5) is 0 Å². The Morgan fingerprint density at radius 3 is 2.19 bits per heavy atom. The molecule has 0 radical (unpaired) electrons. The van der Waals surface area contributed by atoms with Crippen LogP contribution in [-0.4, -0.2) is 16.9 Å². The lowest BCUT2D eigenvalue weighted by molar-refractivity contribution is -0.129. The van der Waals surface area contributed by atoms with Crippen molar-refractivity contribution < 1.29 is 4.79 Å². The number of nitrogens with one attached hydrogen (secondary N) is 1. The fourth-order valence-electron chi connectivity index (χ4n) is 5.67. The van der Waals surface area contributed by atoms with Crippen molar-refractivity contribution in [2.75, 3.05) is 0 Å². The first-order valence-electron chi connectivity index (χ1n) is 8.58. The summed E-state index contributed by atoms with van der Waals surface area (Å²) in [5, 5.41) is 3.09. The summed E-state index contributed by atoms with van der Waals surface area (Å²) < 4.78 is 0. The van der Waals surface area contributed by atoms with Gasteiger partial charge in [-0.3, -0.25) is 4.79 Å². The number of nitrogens with two attached hydrogens (primary N) is 1. The summed E-state index contributed by atoms with van der Waals surface area (Å²) in [5.74, 6) is 2.85. The van der Waals surface area contributed by atoms with Gasteiger partial charge in [-0.2, -0.15) is 0 Å². The first kappa shape index (κ1) is 15.3. The van der Waals surface area contributed by atoms with Crippen molar-refractivity contribution in [1.29, 1.82) is 0 Å². The van der Waals surface area contributed by atoms with E-state index in [9.17, 15) is 4.79 Å². The second-order valence-corrected chi connectivity index (χ2v) is 8.38. The molecule has 3 nitrogen and oxygen atoms in total. The van der Waals surface area contributed by atoms with E-state index in [-0.39, 0.29) is 11.9 Å². The summed E-state index contributed by atoms with van der Waals surface area (Å²) in [6.07, 6.45) is 10.6. The first-order chi connectivity index (χ1) is 9.99. The van der Waals surface area contributed by atoms with Crippen LogP contribution in [0, 0.1) is 23.2 Å². The summed E-state index contributed by atoms with van der Waals surface area (Å²) in [5.41, 5.74) is 6.05. The van der Waals surface area contributed by atoms with E-state index in [4.69, 9.17) is 18.0 Å². The number of hydrogen-bond donors (Lipinski definition) is 2. The van der Waals surface area contributed by atoms with Crippen LogP contribution in [0.15, 0.2) is 0 Å². The Kier molecular flexibility index (Phi) is 4.26. The van der Waals surface area contributed by atoms with Crippen LogP contribution in [-0.2, 0) is 4.79 Å². The topological polar surface area (TPSA) is 55.1 Å². The lowest BCUT2D eigenvalue weighted by Gasteiger charge is -2.56. The van der Waals surface area contributed by atoms with Crippen molar-refractivity contribution in [3.8, 4) is 0 Å². The van der Waals surface area contributed by atoms with Crippen LogP contribution in [0.2, 0.25) is 0 Å². The second kappa shape index (κ2) is 5.86. The molecule has 3 N–H and O–H groups in total. The smallest absolute Gasteiger partial charge is 0.221 e. The van der Waals surface area contributed by atoms with Crippen molar-refractivity contribution in [3.05, 3.63) is 0 Å². The standard InChI is InChI=1S/C17H28N2OS/c1-2-3-14(16(18)21)19-15(20)10-17-7-11-4-12(8-17)6-13(5-11)9-17/h11-14H,2-10H2,1H3,(H2,18,21)(H,19,20). The highest BCUT2D eigenvalue weighted by Crippen LogP contribution is 2.61. The molecular formula is C17H28N2OS. The molecule has 0 aromatic carbocycles. The van der Waals surface area contributed by atoms with E-state index >= 15 is 0 Å². The van der Waals surface area contributed by atoms with Gasteiger partial charge in [0, 0.05) is 6.42 Å². The average Bonchev–Trinajstić information content (AvgIpc) is 2.35. The zero-order chi connectivity index (χ0) is 15.0. The second-order valence-electron chi connectivity index (χ2n) is 7.91. The fraction of sp³-hybridized carbons (Fsp3) is 0.882. The van der Waals surface area contributed by atoms with Crippen LogP contribution in [0.25, 0.3) is 0 Å². The Bertz CT molecular complexity index is 399. The third kappa shape index (κ3) is 3.25. The monoisotopic (exact) mass is 308 g/mol. The molecule has 0 saturated heterocycles. The number of amides is 1. The quantitative estimate of drug-likeness (QED) is 0.741. The predicted octanol–water partition coefficient (Wildman–Crippen LogP) is 3.16. The minimum atomic E-state index is -0.119. The van der Waals surface area contributed by atoms with E-state index in [1.165, 1.54) is 38.5 Å². The SMILES string of the molecule is CCCC(NC(=O)CC12CC3CC(CC(C3)C1)C2)C(N)=S. The van der Waals surface area contributed by atoms with E-state index in [0.717, 1.165) is 30.6 Å². The van der Waals surface area contributed by atoms with Gasteiger partial charge in [-0.25, -0.2) is 0 Å². The zero-order valence-electron chi connectivity index (χ0n) is 13.1. The van der Waals surface area contributed by atoms with Gasteiger partial charge in [0.25, 0.3) is 0 Å². The molecule has 4 aliphatic carbocycles. The van der Waals surface area contributed by atoms with Crippen molar-refractivity contribution in [2.45, 2.75) is 70.8 Å². The van der Waals surface area contributed by atoms with Crippen LogP contribution >= 0.6 is 12.2 Å². The normalized spacial score (nSPS) is 38.2. The van der Waals surface area contributed by atoms with Gasteiger partial charge in [0.2, 0.25) is 5.91 Å². The Balaban J connectivity index is 1.61. The molecule has 4 rings (SSSR count). The number of hydrogen-bond acceptors (Lipinski definition) is 2. The third-order valence-corrected chi connectivity index (χ3v) is 6.24. The minimum Gasteiger partial charge on any atom is -0.392 e. The number of thiocarbonyl (C=S) groups is 1. The molecule has 0 aliphatic heterocycles. The molecule has 1 amide bonds. The summed E-state index contributed by atoms with van der Waals surface area (Å²) >= 11 is 5.08. The first-order valence-corrected chi connectivity index (χ1v) is 8.99. The molecule has 4 saturated carbocycles. The van der Waals surface area contributed by atoms with E-state index in [0.29, 0.717) is 16.8 Å². The van der Waals surface area contributed by atoms with E-state index < -0.39 is 0 Å². The average molecular weight is 308 g/mol. The largest absolute Gasteiger partial charge is 0.392 e. The molecule has 4 heteroatoms. The van der Waals surface area contributed by atoms with Gasteiger partial charge in [-0.1, -0.05) is 25.6 Å². The number of carbonyl (C=O) groups excluding carboxylic acids is 1. The van der Waals surface area contributed by atoms with Gasteiger partial charge in [0.1, 0.15) is 0 Å². The molecule has 1 unspecified atom stereocenters. The molecular weight excluding hydrogens is 280 g/mol. The molecule has 21 heavy (non-hydrogen) atoms. The van der Waals surface area contributed by atoms with Gasteiger partial charge >= 0.3 is 0 Å². The Morgan fingerprint density at radius 1 is 1.24 bits per heavy atom. The highest BCUT2D eigenvalue weighted by Gasteiger charge is 2.51. The van der Waals surface area contributed by atoms with Crippen LogP contribution in [0.1, 0.15) is 64.7 Å². The number of carbonyl (C=O) groups is 1. The molecule has 0 aromatic heterocycles. The Hall–Kier alpha value is -0.640. The third-order valence-electron chi connectivity index (χ3n) is 5.96. The maximum absolute atomic E-state index is 12.5. The summed E-state index contributed by atoms with van der Waals surface area (Å²) in [7, 11) is 0. The van der Waals surface area contributed by atoms with E-state index in [2.05, 4.69) is 12.2 Å². The van der Waals surface area contributed by atoms with Crippen molar-refractivity contribution >= 4 is 23.1 Å². The van der Waals surface area contributed by atoms with Crippen LogP contribution in [0.5, 0.6) is 0 Å². The molecule has 4 aliphatic rings. The Labute approximate surface area is 133 Å². The van der Waals surface area contributed by atoms with E-state index in [1.807, 2.05) is 0 Å². The highest BCUT2D eigenvalue weighted by atomic mass is 32.1.